The van der Waals surface area contributed by atoms with E-state index in [1.54, 1.807) is 25.1 Å². The Bertz CT molecular complexity index is 1470. The SMILES string of the molecule is CC[C@H](C)NC(=O)[C@@H](C)N(Cc1ccc(F)cc1)C(=O)CN(c1cc(Cl)ccc1OC)S(=O)(=O)c1ccc(C)cc1. The molecule has 41 heavy (non-hydrogen) atoms. The summed E-state index contributed by atoms with van der Waals surface area (Å²) in [6.07, 6.45) is 0.682. The Morgan fingerprint density at radius 3 is 2.24 bits per heavy atom. The van der Waals surface area contributed by atoms with Gasteiger partial charge in [-0.25, -0.2) is 12.8 Å². The lowest BCUT2D eigenvalue weighted by atomic mass is 10.1. The van der Waals surface area contributed by atoms with Gasteiger partial charge in [-0.2, -0.15) is 0 Å². The van der Waals surface area contributed by atoms with Gasteiger partial charge in [-0.1, -0.05) is 48.4 Å². The number of nitrogens with one attached hydrogen (secondary N) is 1. The third-order valence-electron chi connectivity index (χ3n) is 6.73. The Balaban J connectivity index is 2.09. The van der Waals surface area contributed by atoms with E-state index in [9.17, 15) is 22.4 Å². The van der Waals surface area contributed by atoms with Crippen LogP contribution in [-0.4, -0.2) is 50.9 Å². The molecule has 0 aliphatic heterocycles. The average molecular weight is 604 g/mol. The van der Waals surface area contributed by atoms with Gasteiger partial charge in [0.05, 0.1) is 17.7 Å². The molecule has 0 radical (unpaired) electrons. The predicted molar refractivity (Wildman–Crippen MR) is 158 cm³/mol. The number of aryl methyl sites for hydroxylation is 1. The number of methoxy groups -OCH3 is 1. The first-order valence-electron chi connectivity index (χ1n) is 13.1. The fourth-order valence-electron chi connectivity index (χ4n) is 4.04. The fourth-order valence-corrected chi connectivity index (χ4v) is 5.63. The summed E-state index contributed by atoms with van der Waals surface area (Å²) in [5, 5.41) is 3.11. The van der Waals surface area contributed by atoms with Crippen molar-refractivity contribution in [2.75, 3.05) is 18.0 Å². The Morgan fingerprint density at radius 1 is 1.02 bits per heavy atom. The topological polar surface area (TPSA) is 96.0 Å². The van der Waals surface area contributed by atoms with Crippen molar-refractivity contribution in [3.8, 4) is 5.75 Å². The minimum Gasteiger partial charge on any atom is -0.495 e. The number of amides is 2. The number of nitrogens with zero attached hydrogens (tertiary/aromatic N) is 2. The predicted octanol–water partition coefficient (Wildman–Crippen LogP) is 5.32. The number of hydrogen-bond donors (Lipinski definition) is 1. The average Bonchev–Trinajstić information content (AvgIpc) is 2.95. The Hall–Kier alpha value is -3.63. The van der Waals surface area contributed by atoms with Gasteiger partial charge < -0.3 is 15.0 Å². The summed E-state index contributed by atoms with van der Waals surface area (Å²) in [5.74, 6) is -1.31. The van der Waals surface area contributed by atoms with Crippen molar-refractivity contribution < 1.29 is 27.1 Å². The Morgan fingerprint density at radius 2 is 1.66 bits per heavy atom. The summed E-state index contributed by atoms with van der Waals surface area (Å²) in [4.78, 5) is 28.4. The largest absolute Gasteiger partial charge is 0.495 e. The molecule has 0 aliphatic carbocycles. The second-order valence-corrected chi connectivity index (χ2v) is 12.1. The molecule has 3 aromatic carbocycles. The van der Waals surface area contributed by atoms with Gasteiger partial charge in [0.15, 0.2) is 0 Å². The first-order chi connectivity index (χ1) is 19.4. The van der Waals surface area contributed by atoms with E-state index in [4.69, 9.17) is 16.3 Å². The van der Waals surface area contributed by atoms with Crippen molar-refractivity contribution in [1.82, 2.24) is 10.2 Å². The van der Waals surface area contributed by atoms with Crippen molar-refractivity contribution in [2.45, 2.75) is 57.6 Å². The van der Waals surface area contributed by atoms with Crippen LogP contribution in [-0.2, 0) is 26.2 Å². The molecule has 1 N–H and O–H groups in total. The maximum Gasteiger partial charge on any atom is 0.264 e. The van der Waals surface area contributed by atoms with Crippen molar-refractivity contribution in [3.05, 3.63) is 88.7 Å². The standard InChI is InChI=1S/C30H35ClFN3O5S/c1-6-21(3)33-30(37)22(4)34(18-23-9-12-25(32)13-10-23)29(36)19-35(27-17-24(31)11-16-28(27)40-5)41(38,39)26-14-7-20(2)8-15-26/h7-17,21-22H,6,18-19H2,1-5H3,(H,33,37)/t21-,22+/m0/s1. The van der Waals surface area contributed by atoms with E-state index >= 15 is 0 Å². The molecule has 0 bridgehead atoms. The number of sulfonamides is 1. The van der Waals surface area contributed by atoms with E-state index in [-0.39, 0.29) is 33.9 Å². The molecule has 3 rings (SSSR count). The van der Waals surface area contributed by atoms with Crippen molar-refractivity contribution >= 4 is 39.1 Å². The molecule has 0 aromatic heterocycles. The molecule has 0 heterocycles. The molecule has 11 heteroatoms. The molecule has 0 unspecified atom stereocenters. The molecule has 0 saturated heterocycles. The molecule has 0 aliphatic rings. The van der Waals surface area contributed by atoms with Gasteiger partial charge in [0.25, 0.3) is 10.0 Å². The van der Waals surface area contributed by atoms with Gasteiger partial charge in [-0.3, -0.25) is 13.9 Å². The first-order valence-corrected chi connectivity index (χ1v) is 15.0. The first kappa shape index (κ1) is 31.9. The minimum absolute atomic E-state index is 0.0365. The van der Waals surface area contributed by atoms with Crippen LogP contribution in [0.1, 0.15) is 38.3 Å². The van der Waals surface area contributed by atoms with E-state index in [1.807, 2.05) is 20.8 Å². The molecule has 0 fully saturated rings. The number of carbonyl (C=O) groups excluding carboxylic acids is 2. The Kier molecular flexibility index (Phi) is 10.8. The van der Waals surface area contributed by atoms with E-state index < -0.39 is 40.2 Å². The molecule has 2 atom stereocenters. The number of benzene rings is 3. The highest BCUT2D eigenvalue weighted by Gasteiger charge is 2.34. The third-order valence-corrected chi connectivity index (χ3v) is 8.74. The second kappa shape index (κ2) is 13.8. The molecule has 0 spiro atoms. The third kappa shape index (κ3) is 7.98. The van der Waals surface area contributed by atoms with Crippen LogP contribution in [0.5, 0.6) is 5.75 Å². The number of hydrogen-bond acceptors (Lipinski definition) is 5. The lowest BCUT2D eigenvalue weighted by molar-refractivity contribution is -0.139. The highest BCUT2D eigenvalue weighted by molar-refractivity contribution is 7.92. The van der Waals surface area contributed by atoms with Gasteiger partial charge in [-0.15, -0.1) is 0 Å². The lowest BCUT2D eigenvalue weighted by Gasteiger charge is -2.33. The summed E-state index contributed by atoms with van der Waals surface area (Å²) in [6, 6.07) is 15.1. The van der Waals surface area contributed by atoms with Crippen molar-refractivity contribution in [2.24, 2.45) is 0 Å². The van der Waals surface area contributed by atoms with Crippen LogP contribution in [0.2, 0.25) is 5.02 Å². The quantitative estimate of drug-likeness (QED) is 0.302. The van der Waals surface area contributed by atoms with Crippen LogP contribution in [0, 0.1) is 12.7 Å². The highest BCUT2D eigenvalue weighted by Crippen LogP contribution is 2.35. The van der Waals surface area contributed by atoms with Crippen LogP contribution in [0.3, 0.4) is 0 Å². The van der Waals surface area contributed by atoms with Gasteiger partial charge in [0.1, 0.15) is 24.2 Å². The lowest BCUT2D eigenvalue weighted by Crippen LogP contribution is -2.52. The van der Waals surface area contributed by atoms with Crippen LogP contribution >= 0.6 is 11.6 Å². The van der Waals surface area contributed by atoms with Crippen LogP contribution in [0.4, 0.5) is 10.1 Å². The van der Waals surface area contributed by atoms with Crippen molar-refractivity contribution in [3.63, 3.8) is 0 Å². The van der Waals surface area contributed by atoms with Crippen LogP contribution in [0.25, 0.3) is 0 Å². The maximum absolute atomic E-state index is 14.0. The van der Waals surface area contributed by atoms with Crippen molar-refractivity contribution in [1.29, 1.82) is 0 Å². The van der Waals surface area contributed by atoms with Gasteiger partial charge in [0, 0.05) is 17.6 Å². The van der Waals surface area contributed by atoms with Gasteiger partial charge in [-0.05, 0) is 75.2 Å². The van der Waals surface area contributed by atoms with E-state index in [2.05, 4.69) is 5.32 Å². The normalized spacial score (nSPS) is 12.8. The van der Waals surface area contributed by atoms with Gasteiger partial charge in [0.2, 0.25) is 11.8 Å². The zero-order chi connectivity index (χ0) is 30.3. The zero-order valence-corrected chi connectivity index (χ0v) is 25.3. The monoisotopic (exact) mass is 603 g/mol. The molecular weight excluding hydrogens is 569 g/mol. The fraction of sp³-hybridized carbons (Fsp3) is 0.333. The summed E-state index contributed by atoms with van der Waals surface area (Å²) in [5.41, 5.74) is 1.49. The number of anilines is 1. The second-order valence-electron chi connectivity index (χ2n) is 9.78. The Labute approximate surface area is 246 Å². The number of carbonyl (C=O) groups is 2. The number of rotatable bonds is 12. The van der Waals surface area contributed by atoms with E-state index in [0.29, 0.717) is 12.0 Å². The zero-order valence-electron chi connectivity index (χ0n) is 23.7. The van der Waals surface area contributed by atoms with E-state index in [1.165, 1.54) is 60.5 Å². The minimum atomic E-state index is -4.30. The summed E-state index contributed by atoms with van der Waals surface area (Å²) < 4.78 is 48.0. The smallest absolute Gasteiger partial charge is 0.264 e. The molecule has 3 aromatic rings. The van der Waals surface area contributed by atoms with E-state index in [0.717, 1.165) is 9.87 Å². The summed E-state index contributed by atoms with van der Waals surface area (Å²) in [6.45, 7) is 6.45. The highest BCUT2D eigenvalue weighted by atomic mass is 35.5. The molecular formula is C30H35ClFN3O5S. The van der Waals surface area contributed by atoms with Crippen LogP contribution in [0.15, 0.2) is 71.6 Å². The molecule has 8 nitrogen and oxygen atoms in total. The number of halogens is 2. The van der Waals surface area contributed by atoms with Crippen LogP contribution < -0.4 is 14.4 Å². The summed E-state index contributed by atoms with van der Waals surface area (Å²) in [7, 11) is -2.92. The molecule has 220 valence electrons. The van der Waals surface area contributed by atoms with Gasteiger partial charge >= 0.3 is 0 Å². The summed E-state index contributed by atoms with van der Waals surface area (Å²) >= 11 is 6.25. The number of ether oxygens (including phenoxy) is 1. The molecule has 0 saturated carbocycles. The molecule has 2 amide bonds. The maximum atomic E-state index is 14.0.